The second-order valence-electron chi connectivity index (χ2n) is 11.8. The van der Waals surface area contributed by atoms with Crippen LogP contribution in [0.3, 0.4) is 0 Å². The first-order chi connectivity index (χ1) is 21.7. The fourth-order valence-corrected chi connectivity index (χ4v) is 5.79. The maximum Gasteiger partial charge on any atom is -0.0105 e. The number of aryl methyl sites for hydroxylation is 2. The molecule has 5 rings (SSSR count). The van der Waals surface area contributed by atoms with Gasteiger partial charge in [0.05, 0.1) is 0 Å². The van der Waals surface area contributed by atoms with E-state index in [2.05, 4.69) is 160 Å². The second kappa shape index (κ2) is 16.4. The van der Waals surface area contributed by atoms with Gasteiger partial charge >= 0.3 is 0 Å². The van der Waals surface area contributed by atoms with Gasteiger partial charge in [0.25, 0.3) is 0 Å². The molecule has 0 heteroatoms. The van der Waals surface area contributed by atoms with E-state index >= 15 is 0 Å². The average Bonchev–Trinajstić information content (AvgIpc) is 3.06. The third-order valence-corrected chi connectivity index (χ3v) is 8.40. The Bertz CT molecular complexity index is 1610. The molecule has 0 aliphatic carbocycles. The highest BCUT2D eigenvalue weighted by Gasteiger charge is 2.04. The average molecular weight is 575 g/mol. The van der Waals surface area contributed by atoms with Crippen molar-refractivity contribution in [3.63, 3.8) is 0 Å². The van der Waals surface area contributed by atoms with Crippen LogP contribution in [0.25, 0.3) is 45.8 Å². The van der Waals surface area contributed by atoms with Gasteiger partial charge in [0.1, 0.15) is 0 Å². The summed E-state index contributed by atoms with van der Waals surface area (Å²) < 4.78 is 0. The van der Waals surface area contributed by atoms with Crippen LogP contribution in [0.15, 0.2) is 121 Å². The van der Waals surface area contributed by atoms with Gasteiger partial charge < -0.3 is 0 Å². The Kier molecular flexibility index (Phi) is 11.6. The molecule has 0 heterocycles. The second-order valence-corrected chi connectivity index (χ2v) is 11.8. The monoisotopic (exact) mass is 574 g/mol. The van der Waals surface area contributed by atoms with Crippen LogP contribution in [0.2, 0.25) is 0 Å². The van der Waals surface area contributed by atoms with Crippen molar-refractivity contribution in [3.05, 3.63) is 155 Å². The zero-order valence-corrected chi connectivity index (χ0v) is 26.5. The van der Waals surface area contributed by atoms with Gasteiger partial charge in [0.2, 0.25) is 0 Å². The number of rotatable bonds is 14. The zero-order valence-electron chi connectivity index (χ0n) is 26.5. The predicted octanol–water partition coefficient (Wildman–Crippen LogP) is 12.9. The zero-order chi connectivity index (χ0) is 30.4. The Morgan fingerprint density at radius 2 is 0.841 bits per heavy atom. The molecule has 0 aliphatic rings. The van der Waals surface area contributed by atoms with Crippen molar-refractivity contribution in [2.24, 2.45) is 0 Å². The van der Waals surface area contributed by atoms with E-state index in [1.807, 2.05) is 0 Å². The molecule has 0 N–H and O–H groups in total. The van der Waals surface area contributed by atoms with Crippen LogP contribution in [-0.2, 0) is 12.8 Å². The molecule has 0 aromatic heterocycles. The smallest absolute Gasteiger partial charge is 0.0105 e. The molecule has 5 aromatic rings. The molecule has 0 atom stereocenters. The molecule has 0 bridgehead atoms. The van der Waals surface area contributed by atoms with E-state index in [-0.39, 0.29) is 0 Å². The van der Waals surface area contributed by atoms with Gasteiger partial charge in [-0.25, -0.2) is 0 Å². The first kappa shape index (κ1) is 31.0. The van der Waals surface area contributed by atoms with Crippen LogP contribution in [0.4, 0.5) is 0 Å². The van der Waals surface area contributed by atoms with Crippen molar-refractivity contribution in [3.8, 4) is 0 Å². The summed E-state index contributed by atoms with van der Waals surface area (Å²) in [5.41, 5.74) is 7.82. The first-order valence-electron chi connectivity index (χ1n) is 16.6. The van der Waals surface area contributed by atoms with Gasteiger partial charge in [0, 0.05) is 0 Å². The summed E-state index contributed by atoms with van der Waals surface area (Å²) in [6.07, 6.45) is 27.5. The van der Waals surface area contributed by atoms with E-state index in [0.717, 1.165) is 0 Å². The van der Waals surface area contributed by atoms with Gasteiger partial charge in [-0.15, -0.1) is 0 Å². The SMILES string of the molecule is CCCCCc1ccc(C=CC=Cc2cccc3cc4c(C=CC=Cc5ccc(CCCCC)cc5)cccc4cc23)cc1. The maximum absolute atomic E-state index is 2.33. The molecule has 0 fully saturated rings. The lowest BCUT2D eigenvalue weighted by Crippen LogP contribution is -1.85. The van der Waals surface area contributed by atoms with E-state index in [0.29, 0.717) is 0 Å². The lowest BCUT2D eigenvalue weighted by atomic mass is 9.96. The van der Waals surface area contributed by atoms with E-state index < -0.39 is 0 Å². The summed E-state index contributed by atoms with van der Waals surface area (Å²) in [6.45, 7) is 4.51. The Labute approximate surface area is 265 Å². The van der Waals surface area contributed by atoms with E-state index in [9.17, 15) is 0 Å². The van der Waals surface area contributed by atoms with Crippen LogP contribution in [0.1, 0.15) is 85.8 Å². The minimum absolute atomic E-state index is 1.18. The van der Waals surface area contributed by atoms with Crippen molar-refractivity contribution < 1.29 is 0 Å². The highest BCUT2D eigenvalue weighted by atomic mass is 14.1. The van der Waals surface area contributed by atoms with Crippen molar-refractivity contribution >= 4 is 45.8 Å². The molecule has 0 saturated carbocycles. The van der Waals surface area contributed by atoms with E-state index in [1.165, 1.54) is 106 Å². The molecule has 5 aromatic carbocycles. The number of unbranched alkanes of at least 4 members (excludes halogenated alkanes) is 4. The van der Waals surface area contributed by atoms with Gasteiger partial charge in [-0.05, 0) is 92.7 Å². The molecular formula is C44H46. The van der Waals surface area contributed by atoms with E-state index in [4.69, 9.17) is 0 Å². The topological polar surface area (TPSA) is 0 Å². The minimum atomic E-state index is 1.18. The number of hydrogen-bond donors (Lipinski definition) is 0. The van der Waals surface area contributed by atoms with Crippen molar-refractivity contribution in [2.75, 3.05) is 0 Å². The standard InChI is InChI=1S/C44H46/c1-3-5-7-15-35-25-29-37(30-26-35)17-9-11-19-39-21-13-23-41-34-44-40(22-14-24-42(44)33-43(39)41)20-12-10-18-38-31-27-36(28-32-38)16-8-6-4-2/h9-14,17-34H,3-8,15-16H2,1-2H3. The van der Waals surface area contributed by atoms with Crippen LogP contribution in [0, 0.1) is 0 Å². The number of hydrogen-bond acceptors (Lipinski definition) is 0. The van der Waals surface area contributed by atoms with Crippen LogP contribution < -0.4 is 0 Å². The number of allylic oxidation sites excluding steroid dienone is 4. The summed E-state index contributed by atoms with van der Waals surface area (Å²) >= 11 is 0. The summed E-state index contributed by atoms with van der Waals surface area (Å²) in [7, 11) is 0. The minimum Gasteiger partial charge on any atom is -0.0654 e. The largest absolute Gasteiger partial charge is 0.0654 e. The predicted molar refractivity (Wildman–Crippen MR) is 197 cm³/mol. The summed E-state index contributed by atoms with van der Waals surface area (Å²) in [6, 6.07) is 35.8. The molecule has 0 amide bonds. The third-order valence-electron chi connectivity index (χ3n) is 8.40. The van der Waals surface area contributed by atoms with Gasteiger partial charge in [-0.1, -0.05) is 173 Å². The Balaban J connectivity index is 1.26. The molecule has 0 unspecified atom stereocenters. The quantitative estimate of drug-likeness (QED) is 0.0703. The molecule has 0 aliphatic heterocycles. The van der Waals surface area contributed by atoms with Crippen molar-refractivity contribution in [2.45, 2.75) is 65.2 Å². The van der Waals surface area contributed by atoms with Gasteiger partial charge in [-0.3, -0.25) is 0 Å². The molecule has 0 nitrogen and oxygen atoms in total. The third kappa shape index (κ3) is 8.80. The molecule has 222 valence electrons. The maximum atomic E-state index is 2.33. The summed E-state index contributed by atoms with van der Waals surface area (Å²) in [5, 5.41) is 5.08. The highest BCUT2D eigenvalue weighted by Crippen LogP contribution is 2.29. The lowest BCUT2D eigenvalue weighted by molar-refractivity contribution is 0.717. The fourth-order valence-electron chi connectivity index (χ4n) is 5.79. The summed E-state index contributed by atoms with van der Waals surface area (Å²) in [4.78, 5) is 0. The normalized spacial score (nSPS) is 12.2. The lowest BCUT2D eigenvalue weighted by Gasteiger charge is -2.08. The number of fused-ring (bicyclic) bond motifs is 2. The van der Waals surface area contributed by atoms with Crippen LogP contribution in [0.5, 0.6) is 0 Å². The first-order valence-corrected chi connectivity index (χ1v) is 16.6. The van der Waals surface area contributed by atoms with Crippen molar-refractivity contribution in [1.82, 2.24) is 0 Å². The van der Waals surface area contributed by atoms with Gasteiger partial charge in [-0.2, -0.15) is 0 Å². The van der Waals surface area contributed by atoms with Crippen LogP contribution in [-0.4, -0.2) is 0 Å². The molecule has 0 saturated heterocycles. The molecule has 0 spiro atoms. The Morgan fingerprint density at radius 1 is 0.432 bits per heavy atom. The summed E-state index contributed by atoms with van der Waals surface area (Å²) in [5.74, 6) is 0. The number of benzene rings is 5. The molecule has 0 radical (unpaired) electrons. The van der Waals surface area contributed by atoms with Crippen molar-refractivity contribution in [1.29, 1.82) is 0 Å². The van der Waals surface area contributed by atoms with Crippen LogP contribution >= 0.6 is 0 Å². The molecule has 44 heavy (non-hydrogen) atoms. The highest BCUT2D eigenvalue weighted by molar-refractivity contribution is 6.04. The van der Waals surface area contributed by atoms with E-state index in [1.54, 1.807) is 0 Å². The molecular weight excluding hydrogens is 528 g/mol. The fraction of sp³-hybridized carbons (Fsp3) is 0.227. The van der Waals surface area contributed by atoms with Gasteiger partial charge in [0.15, 0.2) is 0 Å². The Hall–Kier alpha value is -4.42. The Morgan fingerprint density at radius 3 is 1.25 bits per heavy atom.